The summed E-state index contributed by atoms with van der Waals surface area (Å²) in [6, 6.07) is 6.92. The quantitative estimate of drug-likeness (QED) is 0.872. The molecule has 0 radical (unpaired) electrons. The minimum Gasteiger partial charge on any atom is -0.507 e. The number of aromatic nitrogens is 2. The fraction of sp³-hybridized carbons (Fsp3) is 0.286. The zero-order valence-electron chi connectivity index (χ0n) is 11.1. The lowest BCUT2D eigenvalue weighted by Gasteiger charge is -2.07. The first kappa shape index (κ1) is 13.1. The summed E-state index contributed by atoms with van der Waals surface area (Å²) in [5, 5.41) is 16.6. The molecule has 0 bridgehead atoms. The third-order valence-electron chi connectivity index (χ3n) is 2.99. The van der Waals surface area contributed by atoms with Gasteiger partial charge in [-0.3, -0.25) is 9.48 Å². The molecule has 5 nitrogen and oxygen atoms in total. The van der Waals surface area contributed by atoms with Gasteiger partial charge in [0.05, 0.1) is 5.56 Å². The molecule has 1 aromatic carbocycles. The van der Waals surface area contributed by atoms with Crippen LogP contribution in [0.4, 0.5) is 0 Å². The molecule has 1 heterocycles. The van der Waals surface area contributed by atoms with Gasteiger partial charge in [0.2, 0.25) is 0 Å². The second-order valence-corrected chi connectivity index (χ2v) is 4.47. The molecule has 2 aromatic rings. The van der Waals surface area contributed by atoms with Gasteiger partial charge in [0.15, 0.2) is 0 Å². The van der Waals surface area contributed by atoms with Crippen molar-refractivity contribution in [2.24, 2.45) is 7.05 Å². The first-order valence-corrected chi connectivity index (χ1v) is 6.12. The lowest BCUT2D eigenvalue weighted by atomic mass is 10.1. The van der Waals surface area contributed by atoms with Crippen LogP contribution in [0.1, 0.15) is 21.6 Å². The Kier molecular flexibility index (Phi) is 3.85. The van der Waals surface area contributed by atoms with Gasteiger partial charge in [-0.05, 0) is 30.7 Å². The van der Waals surface area contributed by atoms with E-state index < -0.39 is 0 Å². The highest BCUT2D eigenvalue weighted by Crippen LogP contribution is 2.17. The molecule has 0 fully saturated rings. The predicted molar refractivity (Wildman–Crippen MR) is 72.1 cm³/mol. The van der Waals surface area contributed by atoms with Crippen LogP contribution in [-0.2, 0) is 13.5 Å². The van der Waals surface area contributed by atoms with Gasteiger partial charge < -0.3 is 10.4 Å². The molecule has 0 aliphatic heterocycles. The normalized spacial score (nSPS) is 10.4. The maximum absolute atomic E-state index is 11.9. The highest BCUT2D eigenvalue weighted by molar-refractivity contribution is 5.96. The number of benzene rings is 1. The summed E-state index contributed by atoms with van der Waals surface area (Å²) >= 11 is 0. The molecule has 2 N–H and O–H groups in total. The predicted octanol–water partition coefficient (Wildman–Crippen LogP) is 1.41. The number of nitrogens with zero attached hydrogens (tertiary/aromatic N) is 2. The van der Waals surface area contributed by atoms with E-state index in [4.69, 9.17) is 0 Å². The topological polar surface area (TPSA) is 67.2 Å². The second kappa shape index (κ2) is 5.56. The Bertz CT molecular complexity index is 590. The van der Waals surface area contributed by atoms with Crippen molar-refractivity contribution in [3.05, 3.63) is 47.3 Å². The molecule has 0 saturated carbocycles. The first-order valence-electron chi connectivity index (χ1n) is 6.12. The van der Waals surface area contributed by atoms with Gasteiger partial charge in [0, 0.05) is 31.9 Å². The molecule has 100 valence electrons. The highest BCUT2D eigenvalue weighted by Gasteiger charge is 2.10. The number of carbonyl (C=O) groups excluding carboxylic acids is 1. The third-order valence-corrected chi connectivity index (χ3v) is 2.99. The smallest absolute Gasteiger partial charge is 0.255 e. The second-order valence-electron chi connectivity index (χ2n) is 4.47. The molecular weight excluding hydrogens is 242 g/mol. The fourth-order valence-corrected chi connectivity index (χ4v) is 1.88. The van der Waals surface area contributed by atoms with Gasteiger partial charge in [0.1, 0.15) is 5.75 Å². The molecule has 1 amide bonds. The van der Waals surface area contributed by atoms with Crippen LogP contribution in [-0.4, -0.2) is 27.3 Å². The minimum absolute atomic E-state index is 0.0121. The van der Waals surface area contributed by atoms with Crippen LogP contribution in [0.2, 0.25) is 0 Å². The molecule has 0 atom stereocenters. The average Bonchev–Trinajstić information content (AvgIpc) is 2.75. The van der Waals surface area contributed by atoms with E-state index in [9.17, 15) is 9.90 Å². The maximum atomic E-state index is 11.9. The summed E-state index contributed by atoms with van der Waals surface area (Å²) < 4.78 is 1.77. The minimum atomic E-state index is -0.264. The Balaban J connectivity index is 1.93. The van der Waals surface area contributed by atoms with Crippen LogP contribution in [0.5, 0.6) is 5.75 Å². The lowest BCUT2D eigenvalue weighted by Crippen LogP contribution is -2.26. The molecule has 0 aliphatic carbocycles. The third kappa shape index (κ3) is 3.13. The fourth-order valence-electron chi connectivity index (χ4n) is 1.88. The Hall–Kier alpha value is -2.30. The number of nitrogens with one attached hydrogen (secondary N) is 1. The van der Waals surface area contributed by atoms with Crippen molar-refractivity contribution in [1.82, 2.24) is 15.1 Å². The summed E-state index contributed by atoms with van der Waals surface area (Å²) in [5.41, 5.74) is 2.27. The number of hydrogen-bond donors (Lipinski definition) is 2. The number of aromatic hydroxyl groups is 1. The van der Waals surface area contributed by atoms with Crippen molar-refractivity contribution in [3.8, 4) is 5.75 Å². The summed E-state index contributed by atoms with van der Waals surface area (Å²) in [6.45, 7) is 2.37. The van der Waals surface area contributed by atoms with Crippen LogP contribution in [0, 0.1) is 6.92 Å². The van der Waals surface area contributed by atoms with E-state index in [1.165, 1.54) is 0 Å². The van der Waals surface area contributed by atoms with Crippen molar-refractivity contribution in [2.75, 3.05) is 6.54 Å². The summed E-state index contributed by atoms with van der Waals surface area (Å²) in [4.78, 5) is 11.9. The largest absolute Gasteiger partial charge is 0.507 e. The number of hydrogen-bond acceptors (Lipinski definition) is 3. The van der Waals surface area contributed by atoms with Gasteiger partial charge >= 0.3 is 0 Å². The average molecular weight is 259 g/mol. The van der Waals surface area contributed by atoms with Gasteiger partial charge in [-0.15, -0.1) is 0 Å². The number of carbonyl (C=O) groups is 1. The van der Waals surface area contributed by atoms with Crippen molar-refractivity contribution < 1.29 is 9.90 Å². The summed E-state index contributed by atoms with van der Waals surface area (Å²) in [5.74, 6) is -0.252. The maximum Gasteiger partial charge on any atom is 0.255 e. The van der Waals surface area contributed by atoms with Crippen LogP contribution in [0.15, 0.2) is 30.5 Å². The highest BCUT2D eigenvalue weighted by atomic mass is 16.3. The Morgan fingerprint density at radius 3 is 2.84 bits per heavy atom. The molecule has 2 rings (SSSR count). The Morgan fingerprint density at radius 2 is 2.21 bits per heavy atom. The number of aryl methyl sites for hydroxylation is 2. The summed E-state index contributed by atoms with van der Waals surface area (Å²) in [6.07, 6.45) is 2.43. The standard InChI is InChI=1S/C14H17N3O2/c1-10-3-4-12(13(18)9-10)14(19)15-7-5-11-6-8-16-17(11)2/h3-4,6,8-9,18H,5,7H2,1-2H3,(H,15,19). The van der Waals surface area contributed by atoms with Gasteiger partial charge in [0.25, 0.3) is 5.91 Å². The van der Waals surface area contributed by atoms with E-state index in [2.05, 4.69) is 10.4 Å². The van der Waals surface area contributed by atoms with Crippen LogP contribution >= 0.6 is 0 Å². The van der Waals surface area contributed by atoms with E-state index >= 15 is 0 Å². The van der Waals surface area contributed by atoms with Crippen LogP contribution in [0.25, 0.3) is 0 Å². The number of amides is 1. The lowest BCUT2D eigenvalue weighted by molar-refractivity contribution is 0.0951. The van der Waals surface area contributed by atoms with Gasteiger partial charge in [-0.1, -0.05) is 6.07 Å². The van der Waals surface area contributed by atoms with Crippen molar-refractivity contribution in [2.45, 2.75) is 13.3 Å². The molecule has 0 spiro atoms. The number of phenols is 1. The molecular formula is C14H17N3O2. The molecule has 0 unspecified atom stereocenters. The van der Waals surface area contributed by atoms with E-state index in [0.29, 0.717) is 18.5 Å². The zero-order chi connectivity index (χ0) is 13.8. The van der Waals surface area contributed by atoms with E-state index in [1.54, 1.807) is 29.1 Å². The van der Waals surface area contributed by atoms with E-state index in [-0.39, 0.29) is 11.7 Å². The summed E-state index contributed by atoms with van der Waals surface area (Å²) in [7, 11) is 1.86. The molecule has 5 heteroatoms. The molecule has 1 aromatic heterocycles. The zero-order valence-corrected chi connectivity index (χ0v) is 11.1. The monoisotopic (exact) mass is 259 g/mol. The van der Waals surface area contributed by atoms with Crippen LogP contribution in [0.3, 0.4) is 0 Å². The first-order chi connectivity index (χ1) is 9.08. The number of phenolic OH excluding ortho intramolecular Hbond substituents is 1. The molecule has 0 aliphatic rings. The van der Waals surface area contributed by atoms with Crippen molar-refractivity contribution >= 4 is 5.91 Å². The van der Waals surface area contributed by atoms with E-state index in [1.807, 2.05) is 20.0 Å². The number of rotatable bonds is 4. The Labute approximate surface area is 111 Å². The van der Waals surface area contributed by atoms with Crippen LogP contribution < -0.4 is 5.32 Å². The molecule has 0 saturated heterocycles. The Morgan fingerprint density at radius 1 is 1.42 bits per heavy atom. The SMILES string of the molecule is Cc1ccc(C(=O)NCCc2ccnn2C)c(O)c1. The van der Waals surface area contributed by atoms with Crippen molar-refractivity contribution in [3.63, 3.8) is 0 Å². The van der Waals surface area contributed by atoms with Crippen molar-refractivity contribution in [1.29, 1.82) is 0 Å². The van der Waals surface area contributed by atoms with Gasteiger partial charge in [-0.25, -0.2) is 0 Å². The van der Waals surface area contributed by atoms with E-state index in [0.717, 1.165) is 11.3 Å². The molecule has 19 heavy (non-hydrogen) atoms. The van der Waals surface area contributed by atoms with Gasteiger partial charge in [-0.2, -0.15) is 5.10 Å².